The van der Waals surface area contributed by atoms with Crippen LogP contribution in [0.4, 0.5) is 10.2 Å². The minimum Gasteiger partial charge on any atom is -0.384 e. The summed E-state index contributed by atoms with van der Waals surface area (Å²) >= 11 is 0. The lowest BCUT2D eigenvalue weighted by Gasteiger charge is -2.20. The monoisotopic (exact) mass is 407 g/mol. The van der Waals surface area contributed by atoms with E-state index in [-0.39, 0.29) is 18.2 Å². The Morgan fingerprint density at radius 3 is 2.82 bits per heavy atom. The molecule has 2 aromatic rings. The SMILES string of the molecule is Cc1cc(N)nc(C[C@H]2CNC[C@H]2NCCNCCc2cccc(F)c2)c1.Cl. The van der Waals surface area contributed by atoms with E-state index in [0.717, 1.165) is 62.4 Å². The highest BCUT2D eigenvalue weighted by atomic mass is 35.5. The largest absolute Gasteiger partial charge is 0.384 e. The van der Waals surface area contributed by atoms with Crippen LogP contribution >= 0.6 is 12.4 Å². The van der Waals surface area contributed by atoms with Gasteiger partial charge in [-0.15, -0.1) is 12.4 Å². The van der Waals surface area contributed by atoms with Gasteiger partial charge in [-0.2, -0.15) is 0 Å². The number of hydrogen-bond acceptors (Lipinski definition) is 5. The topological polar surface area (TPSA) is 75.0 Å². The minimum absolute atomic E-state index is 0. The van der Waals surface area contributed by atoms with Crippen molar-refractivity contribution < 1.29 is 4.39 Å². The number of aromatic nitrogens is 1. The molecule has 1 aromatic heterocycles. The summed E-state index contributed by atoms with van der Waals surface area (Å²) < 4.78 is 13.2. The molecule has 1 saturated heterocycles. The summed E-state index contributed by atoms with van der Waals surface area (Å²) in [7, 11) is 0. The lowest BCUT2D eigenvalue weighted by molar-refractivity contribution is 0.419. The summed E-state index contributed by atoms with van der Waals surface area (Å²) in [5.74, 6) is 0.952. The Morgan fingerprint density at radius 1 is 1.18 bits per heavy atom. The van der Waals surface area contributed by atoms with Crippen LogP contribution < -0.4 is 21.7 Å². The maximum atomic E-state index is 13.2. The normalized spacial score (nSPS) is 18.8. The van der Waals surface area contributed by atoms with Crippen molar-refractivity contribution in [1.29, 1.82) is 0 Å². The van der Waals surface area contributed by atoms with E-state index in [1.807, 2.05) is 12.1 Å². The number of nitrogens with two attached hydrogens (primary N) is 1. The van der Waals surface area contributed by atoms with Gasteiger partial charge < -0.3 is 21.7 Å². The van der Waals surface area contributed by atoms with Gasteiger partial charge in [-0.05, 0) is 74.2 Å². The van der Waals surface area contributed by atoms with Gasteiger partial charge in [0.15, 0.2) is 0 Å². The third-order valence-corrected chi connectivity index (χ3v) is 5.04. The second-order valence-electron chi connectivity index (χ2n) is 7.37. The molecule has 0 radical (unpaired) electrons. The van der Waals surface area contributed by atoms with E-state index in [0.29, 0.717) is 17.8 Å². The molecule has 154 valence electrons. The van der Waals surface area contributed by atoms with Gasteiger partial charge in [0.25, 0.3) is 0 Å². The van der Waals surface area contributed by atoms with Crippen LogP contribution in [0, 0.1) is 18.7 Å². The van der Waals surface area contributed by atoms with Crippen molar-refractivity contribution in [1.82, 2.24) is 20.9 Å². The number of benzene rings is 1. The van der Waals surface area contributed by atoms with Crippen LogP contribution in [0.2, 0.25) is 0 Å². The Bertz CT molecular complexity index is 722. The average molecular weight is 408 g/mol. The van der Waals surface area contributed by atoms with Gasteiger partial charge in [0.05, 0.1) is 0 Å². The maximum Gasteiger partial charge on any atom is 0.123 e. The Labute approximate surface area is 173 Å². The van der Waals surface area contributed by atoms with Crippen LogP contribution in [-0.4, -0.2) is 43.7 Å². The Kier molecular flexibility index (Phi) is 9.12. The van der Waals surface area contributed by atoms with Crippen molar-refractivity contribution in [3.05, 3.63) is 59.0 Å². The van der Waals surface area contributed by atoms with E-state index >= 15 is 0 Å². The number of aryl methyl sites for hydroxylation is 1. The highest BCUT2D eigenvalue weighted by Gasteiger charge is 2.26. The lowest BCUT2D eigenvalue weighted by Crippen LogP contribution is -2.40. The molecule has 7 heteroatoms. The predicted molar refractivity (Wildman–Crippen MR) is 115 cm³/mol. The standard InChI is InChI=1S/C21H30FN5.ClH/c1-15-9-19(27-21(23)10-15)12-17-13-25-14-20(17)26-8-7-24-6-5-16-3-2-4-18(22)11-16;/h2-4,9-11,17,20,24-26H,5-8,12-14H2,1H3,(H2,23,27);1H/t17-,20+;/m0./s1. The molecule has 1 aliphatic heterocycles. The molecule has 28 heavy (non-hydrogen) atoms. The number of nitrogens with zero attached hydrogens (tertiary/aromatic N) is 1. The van der Waals surface area contributed by atoms with Crippen molar-refractivity contribution in [2.75, 3.05) is 38.5 Å². The first-order chi connectivity index (χ1) is 13.1. The van der Waals surface area contributed by atoms with E-state index < -0.39 is 0 Å². The van der Waals surface area contributed by atoms with Crippen LogP contribution in [0.5, 0.6) is 0 Å². The number of pyridine rings is 1. The van der Waals surface area contributed by atoms with E-state index in [2.05, 4.69) is 33.9 Å². The predicted octanol–water partition coefficient (Wildman–Crippen LogP) is 2.09. The quantitative estimate of drug-likeness (QED) is 0.479. The second kappa shape index (κ2) is 11.3. The summed E-state index contributed by atoms with van der Waals surface area (Å²) in [6, 6.07) is 11.3. The molecule has 5 N–H and O–H groups in total. The smallest absolute Gasteiger partial charge is 0.123 e. The van der Waals surface area contributed by atoms with Gasteiger partial charge in [-0.25, -0.2) is 9.37 Å². The highest BCUT2D eigenvalue weighted by molar-refractivity contribution is 5.85. The second-order valence-corrected chi connectivity index (χ2v) is 7.37. The van der Waals surface area contributed by atoms with Crippen LogP contribution in [-0.2, 0) is 12.8 Å². The number of nitrogens with one attached hydrogen (secondary N) is 3. The van der Waals surface area contributed by atoms with Gasteiger partial charge in [0.2, 0.25) is 0 Å². The molecule has 1 fully saturated rings. The number of halogens is 2. The van der Waals surface area contributed by atoms with Crippen molar-refractivity contribution in [2.45, 2.75) is 25.8 Å². The van der Waals surface area contributed by atoms with Crippen molar-refractivity contribution in [2.24, 2.45) is 5.92 Å². The average Bonchev–Trinajstić information content (AvgIpc) is 3.04. The molecular weight excluding hydrogens is 377 g/mol. The molecule has 0 saturated carbocycles. The summed E-state index contributed by atoms with van der Waals surface area (Å²) in [5, 5.41) is 10.5. The molecule has 0 amide bonds. The number of anilines is 1. The van der Waals surface area contributed by atoms with Crippen LogP contribution in [0.3, 0.4) is 0 Å². The Balaban J connectivity index is 0.00000280. The molecule has 1 aromatic carbocycles. The fourth-order valence-corrected chi connectivity index (χ4v) is 3.72. The molecule has 5 nitrogen and oxygen atoms in total. The van der Waals surface area contributed by atoms with E-state index in [1.54, 1.807) is 12.1 Å². The van der Waals surface area contributed by atoms with Gasteiger partial charge >= 0.3 is 0 Å². The van der Waals surface area contributed by atoms with Gasteiger partial charge in [0, 0.05) is 31.4 Å². The number of rotatable bonds is 9. The molecule has 1 aliphatic rings. The summed E-state index contributed by atoms with van der Waals surface area (Å²) in [4.78, 5) is 4.47. The lowest BCUT2D eigenvalue weighted by atomic mass is 9.97. The zero-order chi connectivity index (χ0) is 19.1. The van der Waals surface area contributed by atoms with Gasteiger partial charge in [0.1, 0.15) is 11.6 Å². The number of nitrogen functional groups attached to an aromatic ring is 1. The fourth-order valence-electron chi connectivity index (χ4n) is 3.72. The zero-order valence-electron chi connectivity index (χ0n) is 16.4. The van der Waals surface area contributed by atoms with E-state index in [9.17, 15) is 4.39 Å². The third kappa shape index (κ3) is 7.02. The van der Waals surface area contributed by atoms with Crippen molar-refractivity contribution in [3.63, 3.8) is 0 Å². The Hall–Kier alpha value is -1.73. The first kappa shape index (κ1) is 22.6. The molecule has 2 atom stereocenters. The van der Waals surface area contributed by atoms with Crippen molar-refractivity contribution >= 4 is 18.2 Å². The van der Waals surface area contributed by atoms with E-state index in [4.69, 9.17) is 5.73 Å². The Morgan fingerprint density at radius 2 is 2.04 bits per heavy atom. The first-order valence-electron chi connectivity index (χ1n) is 9.72. The van der Waals surface area contributed by atoms with Gasteiger partial charge in [-0.3, -0.25) is 0 Å². The number of hydrogen-bond donors (Lipinski definition) is 4. The van der Waals surface area contributed by atoms with Crippen LogP contribution in [0.1, 0.15) is 16.8 Å². The summed E-state index contributed by atoms with van der Waals surface area (Å²) in [5.41, 5.74) is 9.14. The first-order valence-corrected chi connectivity index (χ1v) is 9.72. The molecule has 3 rings (SSSR count). The summed E-state index contributed by atoms with van der Waals surface area (Å²) in [6.45, 7) is 6.70. The van der Waals surface area contributed by atoms with E-state index in [1.165, 1.54) is 6.07 Å². The fraction of sp³-hybridized carbons (Fsp3) is 0.476. The molecule has 0 bridgehead atoms. The molecule has 2 heterocycles. The zero-order valence-corrected chi connectivity index (χ0v) is 17.2. The molecule has 0 spiro atoms. The molecule has 0 unspecified atom stereocenters. The van der Waals surface area contributed by atoms with Crippen LogP contribution in [0.25, 0.3) is 0 Å². The highest BCUT2D eigenvalue weighted by Crippen LogP contribution is 2.17. The minimum atomic E-state index is -0.168. The maximum absolute atomic E-state index is 13.2. The van der Waals surface area contributed by atoms with Gasteiger partial charge in [-0.1, -0.05) is 12.1 Å². The summed E-state index contributed by atoms with van der Waals surface area (Å²) in [6.07, 6.45) is 1.77. The molecular formula is C21H31ClFN5. The van der Waals surface area contributed by atoms with Crippen molar-refractivity contribution in [3.8, 4) is 0 Å². The van der Waals surface area contributed by atoms with Crippen LogP contribution in [0.15, 0.2) is 36.4 Å². The molecule has 0 aliphatic carbocycles. The third-order valence-electron chi connectivity index (χ3n) is 5.04.